The maximum atomic E-state index is 10.8. The molecule has 10 heavy (non-hydrogen) atoms. The Bertz CT molecular complexity index is 317. The SMILES string of the molecule is O=C1Nc2ncsc2C1=O. The highest BCUT2D eigenvalue weighted by molar-refractivity contribution is 7.13. The molecule has 50 valence electrons. The number of nitrogens with zero attached hydrogens (tertiary/aromatic N) is 1. The van der Waals surface area contributed by atoms with Crippen molar-refractivity contribution in [1.82, 2.24) is 4.98 Å². The molecule has 1 aromatic rings. The van der Waals surface area contributed by atoms with Crippen molar-refractivity contribution in [2.75, 3.05) is 5.32 Å². The molecule has 5 heteroatoms. The van der Waals surface area contributed by atoms with Gasteiger partial charge in [-0.25, -0.2) is 4.98 Å². The fraction of sp³-hybridized carbons (Fsp3) is 0. The van der Waals surface area contributed by atoms with Crippen LogP contribution in [0.25, 0.3) is 0 Å². The number of rotatable bonds is 0. The van der Waals surface area contributed by atoms with E-state index in [0.717, 1.165) is 0 Å². The standard InChI is InChI=1S/C5H2N2O2S/c8-2-3-4(6-1-10-3)7-5(2)9/h1H,(H,7,8,9). The first-order valence-corrected chi connectivity index (χ1v) is 3.46. The van der Waals surface area contributed by atoms with E-state index in [1.54, 1.807) is 0 Å². The Labute approximate surface area is 59.9 Å². The van der Waals surface area contributed by atoms with Crippen LogP contribution in [0, 0.1) is 0 Å². The fourth-order valence-electron chi connectivity index (χ4n) is 0.764. The maximum Gasteiger partial charge on any atom is 0.298 e. The summed E-state index contributed by atoms with van der Waals surface area (Å²) in [5.74, 6) is -0.646. The van der Waals surface area contributed by atoms with Gasteiger partial charge in [0.15, 0.2) is 5.82 Å². The van der Waals surface area contributed by atoms with Crippen molar-refractivity contribution in [2.24, 2.45) is 0 Å². The second kappa shape index (κ2) is 1.63. The monoisotopic (exact) mass is 154 g/mol. The number of hydrogen-bond donors (Lipinski definition) is 1. The molecule has 0 unspecified atom stereocenters. The Hall–Kier alpha value is -1.23. The molecule has 0 atom stereocenters. The lowest BCUT2D eigenvalue weighted by Gasteiger charge is -1.82. The van der Waals surface area contributed by atoms with Crippen LogP contribution in [0.2, 0.25) is 0 Å². The summed E-state index contributed by atoms with van der Waals surface area (Å²) in [5.41, 5.74) is 1.53. The Morgan fingerprint density at radius 1 is 1.50 bits per heavy atom. The smallest absolute Gasteiger partial charge is 0.298 e. The first kappa shape index (κ1) is 5.55. The van der Waals surface area contributed by atoms with Crippen LogP contribution in [-0.4, -0.2) is 16.7 Å². The zero-order chi connectivity index (χ0) is 7.14. The Morgan fingerprint density at radius 2 is 2.30 bits per heavy atom. The summed E-state index contributed by atoms with van der Waals surface area (Å²) < 4.78 is 0. The summed E-state index contributed by atoms with van der Waals surface area (Å²) in [6.07, 6.45) is 0. The van der Waals surface area contributed by atoms with E-state index >= 15 is 0 Å². The minimum atomic E-state index is -0.575. The number of hydrogen-bond acceptors (Lipinski definition) is 4. The highest BCUT2D eigenvalue weighted by atomic mass is 32.1. The number of anilines is 1. The van der Waals surface area contributed by atoms with E-state index in [1.807, 2.05) is 0 Å². The number of nitrogens with one attached hydrogen (secondary N) is 1. The third kappa shape index (κ3) is 0.522. The van der Waals surface area contributed by atoms with Gasteiger partial charge in [0.1, 0.15) is 4.88 Å². The van der Waals surface area contributed by atoms with Gasteiger partial charge in [-0.3, -0.25) is 9.59 Å². The van der Waals surface area contributed by atoms with Crippen molar-refractivity contribution < 1.29 is 9.59 Å². The van der Waals surface area contributed by atoms with Gasteiger partial charge in [0, 0.05) is 0 Å². The van der Waals surface area contributed by atoms with Gasteiger partial charge in [-0.05, 0) is 0 Å². The topological polar surface area (TPSA) is 59.1 Å². The molecule has 1 aliphatic heterocycles. The van der Waals surface area contributed by atoms with Crippen molar-refractivity contribution >= 4 is 28.8 Å². The van der Waals surface area contributed by atoms with Crippen molar-refractivity contribution in [3.05, 3.63) is 10.4 Å². The predicted molar refractivity (Wildman–Crippen MR) is 35.1 cm³/mol. The predicted octanol–water partition coefficient (Wildman–Crippen LogP) is 0.278. The van der Waals surface area contributed by atoms with E-state index in [9.17, 15) is 9.59 Å². The van der Waals surface area contributed by atoms with Crippen LogP contribution in [0.4, 0.5) is 5.82 Å². The van der Waals surface area contributed by atoms with Gasteiger partial charge >= 0.3 is 0 Å². The van der Waals surface area contributed by atoms with Gasteiger partial charge in [0.05, 0.1) is 5.51 Å². The van der Waals surface area contributed by atoms with E-state index in [-0.39, 0.29) is 0 Å². The summed E-state index contributed by atoms with van der Waals surface area (Å²) in [4.78, 5) is 25.6. The number of Topliss-reactive ketones (excluding diaryl/α,β-unsaturated/α-hetero) is 1. The van der Waals surface area contributed by atoms with Crippen LogP contribution in [-0.2, 0) is 4.79 Å². The number of fused-ring (bicyclic) bond motifs is 1. The molecule has 0 aromatic carbocycles. The lowest BCUT2D eigenvalue weighted by Crippen LogP contribution is -2.12. The molecule has 0 aliphatic carbocycles. The summed E-state index contributed by atoms with van der Waals surface area (Å²) >= 11 is 1.18. The van der Waals surface area contributed by atoms with Gasteiger partial charge in [-0.2, -0.15) is 0 Å². The molecule has 0 spiro atoms. The second-order valence-electron chi connectivity index (χ2n) is 1.81. The van der Waals surface area contributed by atoms with Crippen LogP contribution in [0.3, 0.4) is 0 Å². The lowest BCUT2D eigenvalue weighted by molar-refractivity contribution is -0.112. The molecule has 0 bridgehead atoms. The molecule has 0 saturated heterocycles. The molecule has 0 radical (unpaired) electrons. The van der Waals surface area contributed by atoms with Crippen LogP contribution in [0.15, 0.2) is 5.51 Å². The lowest BCUT2D eigenvalue weighted by atomic mass is 10.4. The van der Waals surface area contributed by atoms with Gasteiger partial charge in [-0.15, -0.1) is 11.3 Å². The normalized spacial score (nSPS) is 15.2. The van der Waals surface area contributed by atoms with Crippen molar-refractivity contribution in [3.8, 4) is 0 Å². The minimum absolute atomic E-state index is 0.403. The number of thiazole rings is 1. The molecule has 1 aromatic heterocycles. The van der Waals surface area contributed by atoms with Crippen LogP contribution in [0.5, 0.6) is 0 Å². The molecule has 2 rings (SSSR count). The number of carbonyl (C=O) groups excluding carboxylic acids is 2. The first-order valence-electron chi connectivity index (χ1n) is 2.58. The van der Waals surface area contributed by atoms with Crippen LogP contribution in [0.1, 0.15) is 9.67 Å². The van der Waals surface area contributed by atoms with E-state index in [1.165, 1.54) is 16.8 Å². The first-order chi connectivity index (χ1) is 4.79. The number of carbonyl (C=O) groups is 2. The van der Waals surface area contributed by atoms with E-state index in [4.69, 9.17) is 0 Å². The summed E-state index contributed by atoms with van der Waals surface area (Å²) in [7, 11) is 0. The van der Waals surface area contributed by atoms with Crippen LogP contribution < -0.4 is 5.32 Å². The Morgan fingerprint density at radius 3 is 3.00 bits per heavy atom. The molecule has 1 N–H and O–H groups in total. The highest BCUT2D eigenvalue weighted by Crippen LogP contribution is 2.24. The molecule has 4 nitrogen and oxygen atoms in total. The minimum Gasteiger partial charge on any atom is -0.302 e. The van der Waals surface area contributed by atoms with Gasteiger partial charge in [0.25, 0.3) is 11.7 Å². The fourth-order valence-corrected chi connectivity index (χ4v) is 1.44. The average molecular weight is 154 g/mol. The quantitative estimate of drug-likeness (QED) is 0.546. The molecule has 0 saturated carbocycles. The molecular formula is C5H2N2O2S. The largest absolute Gasteiger partial charge is 0.302 e. The van der Waals surface area contributed by atoms with E-state index in [2.05, 4.69) is 10.3 Å². The summed E-state index contributed by atoms with van der Waals surface area (Å²) in [6.45, 7) is 0. The number of ketones is 1. The Kier molecular flexibility index (Phi) is 0.906. The van der Waals surface area contributed by atoms with Gasteiger partial charge in [0.2, 0.25) is 0 Å². The van der Waals surface area contributed by atoms with Gasteiger partial charge in [-0.1, -0.05) is 0 Å². The maximum absolute atomic E-state index is 10.8. The summed E-state index contributed by atoms with van der Waals surface area (Å²) in [6, 6.07) is 0. The number of amides is 1. The molecule has 0 fully saturated rings. The van der Waals surface area contributed by atoms with Gasteiger partial charge < -0.3 is 5.32 Å². The number of aromatic nitrogens is 1. The third-order valence-electron chi connectivity index (χ3n) is 1.21. The third-order valence-corrected chi connectivity index (χ3v) is 2.04. The highest BCUT2D eigenvalue weighted by Gasteiger charge is 2.30. The zero-order valence-corrected chi connectivity index (χ0v) is 5.57. The zero-order valence-electron chi connectivity index (χ0n) is 4.75. The molecule has 1 amide bonds. The molecular weight excluding hydrogens is 152 g/mol. The van der Waals surface area contributed by atoms with Crippen molar-refractivity contribution in [2.45, 2.75) is 0 Å². The second-order valence-corrected chi connectivity index (χ2v) is 2.67. The van der Waals surface area contributed by atoms with Crippen molar-refractivity contribution in [1.29, 1.82) is 0 Å². The molecule has 1 aliphatic rings. The van der Waals surface area contributed by atoms with Crippen LogP contribution >= 0.6 is 11.3 Å². The van der Waals surface area contributed by atoms with Crippen molar-refractivity contribution in [3.63, 3.8) is 0 Å². The van der Waals surface area contributed by atoms with E-state index in [0.29, 0.717) is 10.7 Å². The summed E-state index contributed by atoms with van der Waals surface area (Å²) in [5, 5.41) is 2.34. The average Bonchev–Trinajstić information content (AvgIpc) is 2.41. The Balaban J connectivity index is 2.63. The van der Waals surface area contributed by atoms with E-state index < -0.39 is 11.7 Å². The molecule has 2 heterocycles.